The Morgan fingerprint density at radius 3 is 0.854 bits per heavy atom. The van der Waals surface area contributed by atoms with Crippen LogP contribution in [0.5, 0.6) is 0 Å². The summed E-state index contributed by atoms with van der Waals surface area (Å²) in [6, 6.07) is 0. The molecule has 0 N–H and O–H groups in total. The van der Waals surface area contributed by atoms with Crippen LogP contribution in [0.1, 0.15) is 13.3 Å². The Labute approximate surface area is 208 Å². The number of hydrogen-bond acceptors (Lipinski definition) is 1. The summed E-state index contributed by atoms with van der Waals surface area (Å²) in [5, 5.41) is 0. The fraction of sp³-hybridized carbons (Fsp3) is 1.00. The minimum Gasteiger partial charge on any atom is -0.373 e. The second-order valence-corrected chi connectivity index (χ2v) is 8.53. The van der Waals surface area contributed by atoms with Gasteiger partial charge in [-0.3, -0.25) is 0 Å². The first kappa shape index (κ1) is 37.3. The van der Waals surface area contributed by atoms with Gasteiger partial charge in [-0.2, -0.15) is 101 Å². The number of alkyl halides is 24. The van der Waals surface area contributed by atoms with E-state index in [4.69, 9.17) is 0 Å². The standard InChI is InChI=1S/C16H8F24O/c1-5(17,16(38,39)40)7(20,21)9(24,25)11(28,29)13(32,33)15(36,37)14(34,35)12(30,31)10(26,27)8(22,23)6(18,19)2-4-3-41-4/h4H,2-3H2,1H3. The average Bonchev–Trinajstić information content (AvgIpc) is 3.54. The van der Waals surface area contributed by atoms with E-state index in [0.717, 1.165) is 0 Å². The van der Waals surface area contributed by atoms with Crippen LogP contribution in [-0.4, -0.2) is 83.8 Å². The van der Waals surface area contributed by atoms with Crippen molar-refractivity contribution in [3.05, 3.63) is 0 Å². The zero-order valence-corrected chi connectivity index (χ0v) is 18.5. The molecule has 1 heterocycles. The lowest BCUT2D eigenvalue weighted by Crippen LogP contribution is -2.78. The average molecular weight is 672 g/mol. The molecule has 246 valence electrons. The molecule has 0 aromatic carbocycles. The van der Waals surface area contributed by atoms with E-state index < -0.39 is 97.1 Å². The molecule has 0 radical (unpaired) electrons. The van der Waals surface area contributed by atoms with Crippen molar-refractivity contribution in [1.29, 1.82) is 0 Å². The first-order chi connectivity index (χ1) is 17.3. The molecular weight excluding hydrogens is 664 g/mol. The second kappa shape index (κ2) is 9.14. The molecule has 1 rings (SSSR count). The van der Waals surface area contributed by atoms with Gasteiger partial charge in [0.25, 0.3) is 5.67 Å². The van der Waals surface area contributed by atoms with Crippen LogP contribution in [0, 0.1) is 0 Å². The summed E-state index contributed by atoms with van der Waals surface area (Å²) < 4.78 is 327. The molecule has 1 saturated heterocycles. The Morgan fingerprint density at radius 2 is 0.634 bits per heavy atom. The molecule has 0 bridgehead atoms. The lowest BCUT2D eigenvalue weighted by molar-refractivity contribution is -0.475. The molecular formula is C16H8F24O. The largest absolute Gasteiger partial charge is 0.428 e. The summed E-state index contributed by atoms with van der Waals surface area (Å²) in [6.07, 6.45) is -12.5. The van der Waals surface area contributed by atoms with Crippen molar-refractivity contribution in [2.24, 2.45) is 0 Å². The molecule has 1 aliphatic rings. The van der Waals surface area contributed by atoms with Crippen LogP contribution in [0.15, 0.2) is 0 Å². The maximum absolute atomic E-state index is 13.7. The van der Waals surface area contributed by atoms with Crippen molar-refractivity contribution in [3.63, 3.8) is 0 Å². The fourth-order valence-corrected chi connectivity index (χ4v) is 2.68. The molecule has 0 spiro atoms. The summed E-state index contributed by atoms with van der Waals surface area (Å²) in [7, 11) is 0. The van der Waals surface area contributed by atoms with Crippen molar-refractivity contribution in [1.82, 2.24) is 0 Å². The SMILES string of the molecule is CC(F)(C(F)(F)F)C(F)(F)C(F)(F)C(F)(F)C(F)(F)C(F)(F)C(F)(F)C(F)(F)C(F)(F)C(F)(F)C(F)(F)CC1CO1. The molecule has 25 heteroatoms. The van der Waals surface area contributed by atoms with Crippen molar-refractivity contribution >= 4 is 0 Å². The van der Waals surface area contributed by atoms with Crippen molar-refractivity contribution in [2.75, 3.05) is 6.61 Å². The molecule has 0 aliphatic carbocycles. The van der Waals surface area contributed by atoms with Crippen LogP contribution >= 0.6 is 0 Å². The smallest absolute Gasteiger partial charge is 0.373 e. The molecule has 1 nitrogen and oxygen atoms in total. The number of halogens is 24. The van der Waals surface area contributed by atoms with Gasteiger partial charge >= 0.3 is 65.4 Å². The Hall–Kier alpha value is -1.72. The van der Waals surface area contributed by atoms with E-state index in [2.05, 4.69) is 4.74 Å². The van der Waals surface area contributed by atoms with Gasteiger partial charge < -0.3 is 4.74 Å². The maximum atomic E-state index is 13.7. The van der Waals surface area contributed by atoms with Crippen LogP contribution in [0.25, 0.3) is 0 Å². The summed E-state index contributed by atoms with van der Waals surface area (Å²) in [4.78, 5) is 0. The quantitative estimate of drug-likeness (QED) is 0.150. The monoisotopic (exact) mass is 672 g/mol. The number of hydrogen-bond donors (Lipinski definition) is 0. The Kier molecular flexibility index (Phi) is 8.32. The number of ether oxygens (including phenoxy) is 1. The molecule has 1 fully saturated rings. The van der Waals surface area contributed by atoms with Gasteiger partial charge in [-0.05, 0) is 6.92 Å². The van der Waals surface area contributed by atoms with E-state index in [0.29, 0.717) is 0 Å². The molecule has 0 saturated carbocycles. The van der Waals surface area contributed by atoms with Crippen LogP contribution in [-0.2, 0) is 4.74 Å². The highest BCUT2D eigenvalue weighted by atomic mass is 19.4. The highest BCUT2D eigenvalue weighted by Crippen LogP contribution is 2.67. The van der Waals surface area contributed by atoms with E-state index in [-0.39, 0.29) is 0 Å². The van der Waals surface area contributed by atoms with Crippen molar-refractivity contribution in [3.8, 4) is 0 Å². The van der Waals surface area contributed by atoms with Gasteiger partial charge in [0.1, 0.15) is 0 Å². The normalized spacial score (nSPS) is 21.1. The predicted molar refractivity (Wildman–Crippen MR) is 79.4 cm³/mol. The van der Waals surface area contributed by atoms with Gasteiger partial charge in [0, 0.05) is 6.42 Å². The predicted octanol–water partition coefficient (Wildman–Crippen LogP) is 8.42. The third kappa shape index (κ3) is 4.55. The second-order valence-electron chi connectivity index (χ2n) is 8.53. The first-order valence-corrected chi connectivity index (χ1v) is 9.48. The third-order valence-corrected chi connectivity index (χ3v) is 5.62. The van der Waals surface area contributed by atoms with E-state index in [9.17, 15) is 105 Å². The molecule has 2 atom stereocenters. The molecule has 2 unspecified atom stereocenters. The lowest BCUT2D eigenvalue weighted by atomic mass is 9.82. The zero-order valence-electron chi connectivity index (χ0n) is 18.5. The van der Waals surface area contributed by atoms with Gasteiger partial charge in [0.15, 0.2) is 0 Å². The Bertz CT molecular complexity index is 969. The highest BCUT2D eigenvalue weighted by Gasteiger charge is 2.98. The van der Waals surface area contributed by atoms with Crippen molar-refractivity contribution < 1.29 is 110 Å². The van der Waals surface area contributed by atoms with Gasteiger partial charge in [-0.15, -0.1) is 0 Å². The van der Waals surface area contributed by atoms with Crippen LogP contribution in [0.4, 0.5) is 105 Å². The van der Waals surface area contributed by atoms with Gasteiger partial charge in [-0.25, -0.2) is 4.39 Å². The molecule has 0 aromatic rings. The third-order valence-electron chi connectivity index (χ3n) is 5.62. The van der Waals surface area contributed by atoms with Gasteiger partial charge in [0.2, 0.25) is 0 Å². The van der Waals surface area contributed by atoms with E-state index >= 15 is 0 Å². The zero-order chi connectivity index (χ0) is 33.7. The summed E-state index contributed by atoms with van der Waals surface area (Å²) in [5.74, 6) is -87.3. The van der Waals surface area contributed by atoms with E-state index in [1.807, 2.05) is 0 Å². The van der Waals surface area contributed by atoms with E-state index in [1.165, 1.54) is 0 Å². The topological polar surface area (TPSA) is 12.5 Å². The maximum Gasteiger partial charge on any atom is 0.428 e. The van der Waals surface area contributed by atoms with Gasteiger partial charge in [-0.1, -0.05) is 0 Å². The van der Waals surface area contributed by atoms with Crippen molar-refractivity contribution in [2.45, 2.75) is 90.5 Å². The minimum absolute atomic E-state index is 0.992. The molecule has 0 aromatic heterocycles. The summed E-state index contributed by atoms with van der Waals surface area (Å²) in [5.41, 5.74) is -7.14. The summed E-state index contributed by atoms with van der Waals surface area (Å²) in [6.45, 7) is -2.79. The number of rotatable bonds is 12. The first-order valence-electron chi connectivity index (χ1n) is 9.48. The summed E-state index contributed by atoms with van der Waals surface area (Å²) >= 11 is 0. The van der Waals surface area contributed by atoms with E-state index in [1.54, 1.807) is 0 Å². The minimum atomic E-state index is -9.42. The van der Waals surface area contributed by atoms with Gasteiger partial charge in [0.05, 0.1) is 12.7 Å². The fourth-order valence-electron chi connectivity index (χ4n) is 2.68. The number of epoxide rings is 1. The Morgan fingerprint density at radius 1 is 0.415 bits per heavy atom. The van der Waals surface area contributed by atoms with Crippen LogP contribution in [0.3, 0.4) is 0 Å². The highest BCUT2D eigenvalue weighted by molar-refractivity contribution is 5.20. The molecule has 1 aliphatic heterocycles. The lowest BCUT2D eigenvalue weighted by Gasteiger charge is -2.46. The molecule has 41 heavy (non-hydrogen) atoms. The van der Waals surface area contributed by atoms with Crippen LogP contribution < -0.4 is 0 Å². The Balaban J connectivity index is 3.81. The molecule has 0 amide bonds. The van der Waals surface area contributed by atoms with Crippen LogP contribution in [0.2, 0.25) is 0 Å².